The molecule has 0 radical (unpaired) electrons. The first-order valence-electron chi connectivity index (χ1n) is 9.76. The van der Waals surface area contributed by atoms with E-state index in [9.17, 15) is 0 Å². The molecule has 1 fully saturated rings. The van der Waals surface area contributed by atoms with E-state index in [1.165, 1.54) is 12.0 Å². The average Bonchev–Trinajstić information content (AvgIpc) is 2.93. The van der Waals surface area contributed by atoms with Crippen LogP contribution in [0.4, 0.5) is 0 Å². The zero-order valence-electron chi connectivity index (χ0n) is 16.9. The molecule has 7 heteroatoms. The summed E-state index contributed by atoms with van der Waals surface area (Å²) < 4.78 is 1.99. The summed E-state index contributed by atoms with van der Waals surface area (Å²) in [5, 5.41) is 15.4. The molecule has 1 aliphatic heterocycles. The molecule has 2 rings (SSSR count). The highest BCUT2D eigenvalue weighted by Gasteiger charge is 2.20. The number of hydrogen-bond donors (Lipinski definition) is 2. The highest BCUT2D eigenvalue weighted by molar-refractivity contribution is 5.80. The molecule has 0 atom stereocenters. The summed E-state index contributed by atoms with van der Waals surface area (Å²) >= 11 is 0. The lowest BCUT2D eigenvalue weighted by atomic mass is 10.0. The van der Waals surface area contributed by atoms with Crippen molar-refractivity contribution < 1.29 is 0 Å². The maximum atomic E-state index is 4.74. The minimum absolute atomic E-state index is 0.463. The van der Waals surface area contributed by atoms with Crippen LogP contribution < -0.4 is 10.6 Å². The Morgan fingerprint density at radius 3 is 2.62 bits per heavy atom. The molecule has 0 saturated carbocycles. The lowest BCUT2D eigenvalue weighted by Crippen LogP contribution is -2.49. The largest absolute Gasteiger partial charge is 0.356 e. The van der Waals surface area contributed by atoms with Gasteiger partial charge in [0.15, 0.2) is 11.8 Å². The Morgan fingerprint density at radius 2 is 2.04 bits per heavy atom. The van der Waals surface area contributed by atoms with Crippen molar-refractivity contribution in [3.63, 3.8) is 0 Å². The van der Waals surface area contributed by atoms with Crippen molar-refractivity contribution in [3.05, 3.63) is 23.8 Å². The van der Waals surface area contributed by atoms with E-state index in [-0.39, 0.29) is 0 Å². The van der Waals surface area contributed by atoms with Gasteiger partial charge in [0.2, 0.25) is 0 Å². The normalized spacial score (nSPS) is 16.7. The number of nitrogens with zero attached hydrogens (tertiary/aromatic N) is 5. The molecule has 0 spiro atoms. The molecular formula is C19H35N7. The molecule has 1 aliphatic rings. The van der Waals surface area contributed by atoms with Gasteiger partial charge in [-0.25, -0.2) is 4.99 Å². The van der Waals surface area contributed by atoms with Gasteiger partial charge in [-0.1, -0.05) is 25.5 Å². The van der Waals surface area contributed by atoms with Gasteiger partial charge in [-0.05, 0) is 33.1 Å². The van der Waals surface area contributed by atoms with Crippen LogP contribution >= 0.6 is 0 Å². The number of guanidine groups is 1. The molecule has 0 bridgehead atoms. The van der Waals surface area contributed by atoms with E-state index in [1.807, 2.05) is 18.5 Å². The molecule has 146 valence electrons. The topological polar surface area (TPSA) is 70.4 Å². The molecule has 26 heavy (non-hydrogen) atoms. The fourth-order valence-electron chi connectivity index (χ4n) is 3.09. The van der Waals surface area contributed by atoms with Gasteiger partial charge in [-0.15, -0.1) is 10.2 Å². The predicted molar refractivity (Wildman–Crippen MR) is 107 cm³/mol. The van der Waals surface area contributed by atoms with Gasteiger partial charge in [-0.2, -0.15) is 0 Å². The van der Waals surface area contributed by atoms with Gasteiger partial charge >= 0.3 is 0 Å². The highest BCUT2D eigenvalue weighted by atomic mass is 15.3. The molecule has 2 heterocycles. The third-order valence-corrected chi connectivity index (χ3v) is 4.81. The number of likely N-dealkylation sites (tertiary alicyclic amines) is 1. The predicted octanol–water partition coefficient (Wildman–Crippen LogP) is 2.00. The number of unbranched alkanes of at least 4 members (excludes halogenated alkanes) is 1. The fraction of sp³-hybridized carbons (Fsp3) is 0.737. The standard InChI is InChI=1S/C19H35N7/c1-6-7-10-20-19(21-13-18-24-23-16(4)25(18)5)22-17-8-11-26(12-9-17)14-15(2)3/h17H,2,6-14H2,1,3-5H3,(H2,20,21,22). The number of hydrogen-bond acceptors (Lipinski definition) is 4. The van der Waals surface area contributed by atoms with Crippen molar-refractivity contribution >= 4 is 5.96 Å². The summed E-state index contributed by atoms with van der Waals surface area (Å²) in [5.41, 5.74) is 1.24. The van der Waals surface area contributed by atoms with Gasteiger partial charge in [0.1, 0.15) is 12.4 Å². The van der Waals surface area contributed by atoms with E-state index < -0.39 is 0 Å². The van der Waals surface area contributed by atoms with Gasteiger partial charge in [0.25, 0.3) is 0 Å². The molecular weight excluding hydrogens is 326 g/mol. The smallest absolute Gasteiger partial charge is 0.191 e. The molecule has 2 N–H and O–H groups in total. The summed E-state index contributed by atoms with van der Waals surface area (Å²) in [6, 6.07) is 0.463. The summed E-state index contributed by atoms with van der Waals surface area (Å²) in [7, 11) is 1.98. The summed E-state index contributed by atoms with van der Waals surface area (Å²) in [5.74, 6) is 2.68. The van der Waals surface area contributed by atoms with Crippen molar-refractivity contribution in [2.24, 2.45) is 12.0 Å². The van der Waals surface area contributed by atoms with Crippen molar-refractivity contribution in [2.45, 2.75) is 59.0 Å². The molecule has 1 aromatic heterocycles. The minimum Gasteiger partial charge on any atom is -0.356 e. The Morgan fingerprint density at radius 1 is 1.31 bits per heavy atom. The first kappa shape index (κ1) is 20.4. The monoisotopic (exact) mass is 361 g/mol. The van der Waals surface area contributed by atoms with Gasteiger partial charge < -0.3 is 15.2 Å². The van der Waals surface area contributed by atoms with E-state index >= 15 is 0 Å². The van der Waals surface area contributed by atoms with Crippen LogP contribution in [-0.4, -0.2) is 57.8 Å². The Bertz CT molecular complexity index is 597. The van der Waals surface area contributed by atoms with Crippen LogP contribution in [-0.2, 0) is 13.6 Å². The first-order valence-corrected chi connectivity index (χ1v) is 9.76. The molecule has 7 nitrogen and oxygen atoms in total. The van der Waals surface area contributed by atoms with Crippen LogP contribution in [0, 0.1) is 6.92 Å². The second kappa shape index (κ2) is 10.3. The summed E-state index contributed by atoms with van der Waals surface area (Å²) in [4.78, 5) is 7.22. The summed E-state index contributed by atoms with van der Waals surface area (Å²) in [6.07, 6.45) is 4.57. The fourth-order valence-corrected chi connectivity index (χ4v) is 3.09. The SMILES string of the molecule is C=C(C)CN1CCC(NC(=NCc2nnc(C)n2C)NCCCC)CC1. The lowest BCUT2D eigenvalue weighted by molar-refractivity contribution is 0.221. The third-order valence-electron chi connectivity index (χ3n) is 4.81. The van der Waals surface area contributed by atoms with E-state index in [0.717, 1.165) is 63.0 Å². The molecule has 1 saturated heterocycles. The molecule has 0 amide bonds. The maximum Gasteiger partial charge on any atom is 0.191 e. The third kappa shape index (κ3) is 6.44. The van der Waals surface area contributed by atoms with E-state index in [0.29, 0.717) is 12.6 Å². The number of aryl methyl sites for hydroxylation is 1. The Labute approximate surface area is 158 Å². The average molecular weight is 362 g/mol. The van der Waals surface area contributed by atoms with E-state index in [1.54, 1.807) is 0 Å². The quantitative estimate of drug-likeness (QED) is 0.321. The number of aliphatic imine (C=N–C) groups is 1. The van der Waals surface area contributed by atoms with Crippen LogP contribution in [0.2, 0.25) is 0 Å². The summed E-state index contributed by atoms with van der Waals surface area (Å²) in [6.45, 7) is 15.0. The zero-order chi connectivity index (χ0) is 18.9. The minimum atomic E-state index is 0.463. The van der Waals surface area contributed by atoms with Crippen molar-refractivity contribution in [1.29, 1.82) is 0 Å². The number of nitrogens with one attached hydrogen (secondary N) is 2. The molecule has 0 aliphatic carbocycles. The Balaban J connectivity index is 1.91. The zero-order valence-corrected chi connectivity index (χ0v) is 16.9. The highest BCUT2D eigenvalue weighted by Crippen LogP contribution is 2.11. The van der Waals surface area contributed by atoms with Crippen LogP contribution in [0.1, 0.15) is 51.2 Å². The van der Waals surface area contributed by atoms with E-state index in [2.05, 4.69) is 46.2 Å². The van der Waals surface area contributed by atoms with Crippen LogP contribution in [0.5, 0.6) is 0 Å². The number of aromatic nitrogens is 3. The number of rotatable bonds is 8. The second-order valence-electron chi connectivity index (χ2n) is 7.32. The molecule has 1 aromatic rings. The Kier molecular flexibility index (Phi) is 8.09. The van der Waals surface area contributed by atoms with E-state index in [4.69, 9.17) is 4.99 Å². The maximum absolute atomic E-state index is 4.74. The van der Waals surface area contributed by atoms with Gasteiger partial charge in [0, 0.05) is 39.3 Å². The van der Waals surface area contributed by atoms with Crippen molar-refractivity contribution in [2.75, 3.05) is 26.2 Å². The van der Waals surface area contributed by atoms with Crippen LogP contribution in [0.25, 0.3) is 0 Å². The van der Waals surface area contributed by atoms with Crippen molar-refractivity contribution in [3.8, 4) is 0 Å². The van der Waals surface area contributed by atoms with Crippen LogP contribution in [0.15, 0.2) is 17.1 Å². The van der Waals surface area contributed by atoms with Gasteiger partial charge in [-0.3, -0.25) is 4.90 Å². The Hall–Kier alpha value is -1.89. The molecule has 0 unspecified atom stereocenters. The number of piperidine rings is 1. The second-order valence-corrected chi connectivity index (χ2v) is 7.32. The van der Waals surface area contributed by atoms with Crippen molar-refractivity contribution in [1.82, 2.24) is 30.3 Å². The van der Waals surface area contributed by atoms with Gasteiger partial charge in [0.05, 0.1) is 0 Å². The van der Waals surface area contributed by atoms with Crippen LogP contribution in [0.3, 0.4) is 0 Å². The lowest BCUT2D eigenvalue weighted by Gasteiger charge is -2.33. The first-order chi connectivity index (χ1) is 12.5. The molecule has 0 aromatic carbocycles.